The van der Waals surface area contributed by atoms with Gasteiger partial charge in [-0.25, -0.2) is 0 Å². The van der Waals surface area contributed by atoms with Crippen LogP contribution < -0.4 is 115 Å². The monoisotopic (exact) mass is 892 g/mol. The molecule has 56 heavy (non-hydrogen) atoms. The average Bonchev–Trinajstić information content (AvgIpc) is 3.37. The van der Waals surface area contributed by atoms with Crippen molar-refractivity contribution in [2.45, 2.75) is 27.7 Å². The molecule has 4 aromatic rings. The van der Waals surface area contributed by atoms with Crippen LogP contribution in [-0.4, -0.2) is 93.4 Å². The molecule has 17 heteroatoms. The maximum absolute atomic E-state index is 6.38. The predicted molar refractivity (Wildman–Crippen MR) is 203 cm³/mol. The molecular weight excluding hydrogens is 843 g/mol. The van der Waals surface area contributed by atoms with Crippen molar-refractivity contribution in [2.75, 3.05) is 85.3 Å². The van der Waals surface area contributed by atoms with Crippen LogP contribution in [-0.2, 0) is 21.7 Å². The second kappa shape index (κ2) is 21.8. The molecule has 0 heterocycles. The van der Waals surface area contributed by atoms with Gasteiger partial charge in [0.1, 0.15) is 0 Å². The molecule has 0 bridgehead atoms. The molecule has 0 N–H and O–H groups in total. The fraction of sp³-hybridized carbons (Fsp3) is 0.410. The SMILES string of the molecule is COc1cc([Si](c2cc(OC)c(OC)c(OC)c2OC)(c2cc(OC)c(OC)c(OC)c2OC)c2c(C)c(C)c(C)[c-]2C)c(OC)c(OC)c1OC.[Cl-].[Cl-].[Cl-].[Ti+4]. The van der Waals surface area contributed by atoms with Crippen LogP contribution in [0.5, 0.6) is 69.0 Å². The molecule has 0 amide bonds. The Bertz CT molecular complexity index is 1760. The van der Waals surface area contributed by atoms with E-state index in [9.17, 15) is 0 Å². The zero-order chi connectivity index (χ0) is 38.7. The Hall–Kier alpha value is -3.59. The second-order valence-electron chi connectivity index (χ2n) is 11.8. The molecule has 0 aliphatic rings. The largest absolute Gasteiger partial charge is 4.00 e. The minimum atomic E-state index is -4.01. The van der Waals surface area contributed by atoms with Crippen LogP contribution in [0.15, 0.2) is 18.2 Å². The van der Waals surface area contributed by atoms with Gasteiger partial charge in [0.05, 0.1) is 85.3 Å². The van der Waals surface area contributed by atoms with E-state index < -0.39 is 8.07 Å². The van der Waals surface area contributed by atoms with Crippen molar-refractivity contribution in [3.05, 3.63) is 40.5 Å². The molecule has 12 nitrogen and oxygen atoms in total. The first kappa shape index (κ1) is 52.4. The number of ether oxygens (including phenoxy) is 12. The van der Waals surface area contributed by atoms with Gasteiger partial charge in [0, 0.05) is 15.6 Å². The van der Waals surface area contributed by atoms with E-state index in [0.29, 0.717) is 84.6 Å². The van der Waals surface area contributed by atoms with Gasteiger partial charge in [0.2, 0.25) is 34.5 Å². The van der Waals surface area contributed by atoms with Crippen LogP contribution in [0.25, 0.3) is 0 Å². The molecule has 308 valence electrons. The molecule has 4 rings (SSSR count). The van der Waals surface area contributed by atoms with Crippen LogP contribution >= 0.6 is 0 Å². The van der Waals surface area contributed by atoms with E-state index in [1.54, 1.807) is 85.3 Å². The fourth-order valence-electron chi connectivity index (χ4n) is 7.45. The van der Waals surface area contributed by atoms with E-state index in [1.165, 1.54) is 0 Å². The molecular formula is C39H51Cl3O12SiTi. The third kappa shape index (κ3) is 7.95. The third-order valence-electron chi connectivity index (χ3n) is 9.99. The molecule has 0 fully saturated rings. The van der Waals surface area contributed by atoms with Crippen LogP contribution in [0.1, 0.15) is 22.3 Å². The first-order chi connectivity index (χ1) is 25.0. The van der Waals surface area contributed by atoms with Crippen molar-refractivity contribution in [3.8, 4) is 69.0 Å². The van der Waals surface area contributed by atoms with Gasteiger partial charge in [0.25, 0.3) is 0 Å². The Balaban J connectivity index is 0.00000756. The quantitative estimate of drug-likeness (QED) is 0.0612. The van der Waals surface area contributed by atoms with Crippen molar-refractivity contribution in [1.82, 2.24) is 0 Å². The molecule has 0 saturated carbocycles. The number of methoxy groups -OCH3 is 12. The number of rotatable bonds is 16. The van der Waals surface area contributed by atoms with Gasteiger partial charge in [-0.3, -0.25) is 0 Å². The molecule has 0 spiro atoms. The van der Waals surface area contributed by atoms with Crippen molar-refractivity contribution >= 4 is 28.8 Å². The number of hydrogen-bond acceptors (Lipinski definition) is 12. The minimum absolute atomic E-state index is 0. The third-order valence-corrected chi connectivity index (χ3v) is 15.0. The van der Waals surface area contributed by atoms with Gasteiger partial charge in [-0.2, -0.15) is 27.4 Å². The van der Waals surface area contributed by atoms with E-state index in [-0.39, 0.29) is 58.9 Å². The molecule has 0 aliphatic heterocycles. The van der Waals surface area contributed by atoms with Gasteiger partial charge in [-0.05, 0) is 18.2 Å². The number of halogens is 3. The average molecular weight is 894 g/mol. The molecule has 0 aliphatic carbocycles. The van der Waals surface area contributed by atoms with E-state index in [0.717, 1.165) is 27.4 Å². The first-order valence-electron chi connectivity index (χ1n) is 16.3. The fourth-order valence-corrected chi connectivity index (χ4v) is 13.3. The van der Waals surface area contributed by atoms with Crippen molar-refractivity contribution in [3.63, 3.8) is 0 Å². The van der Waals surface area contributed by atoms with Crippen LogP contribution in [0.4, 0.5) is 0 Å². The number of benzene rings is 3. The smallest absolute Gasteiger partial charge is 1.00 e. The molecule has 0 radical (unpaired) electrons. The topological polar surface area (TPSA) is 111 Å². The summed E-state index contributed by atoms with van der Waals surface area (Å²) in [5, 5.41) is 3.10. The standard InChI is InChI=1S/C39H51O12Si.3ClH.Ti/c1-20-21(2)23(4)39(22(20)3)52(27-17-24(40-5)30(43-8)36(49-14)33(27)46-11,28-18-25(41-6)31(44-9)37(50-15)34(28)47-12)29-19-26(42-7)32(45-10)38(51-16)35(29)48-13;;;;/h17-19H,1-16H3;3*1H;/q-1;;;;+4/p-3. The summed E-state index contributed by atoms with van der Waals surface area (Å²) < 4.78 is 73.1. The normalized spacial score (nSPS) is 10.3. The van der Waals surface area contributed by atoms with Crippen molar-refractivity contribution in [1.29, 1.82) is 0 Å². The summed E-state index contributed by atoms with van der Waals surface area (Å²) in [6, 6.07) is 5.77. The zero-order valence-corrected chi connectivity index (χ0v) is 39.6. The van der Waals surface area contributed by atoms with Crippen LogP contribution in [0.3, 0.4) is 0 Å². The van der Waals surface area contributed by atoms with Crippen LogP contribution in [0, 0.1) is 27.7 Å². The van der Waals surface area contributed by atoms with E-state index in [1.807, 2.05) is 18.2 Å². The van der Waals surface area contributed by atoms with Crippen molar-refractivity contribution in [2.24, 2.45) is 0 Å². The molecule has 4 aromatic carbocycles. The summed E-state index contributed by atoms with van der Waals surface area (Å²) in [5.41, 5.74) is 4.33. The van der Waals surface area contributed by atoms with Crippen LogP contribution in [0.2, 0.25) is 0 Å². The summed E-state index contributed by atoms with van der Waals surface area (Å²) >= 11 is 0. The Kier molecular flexibility index (Phi) is 20.4. The molecule has 0 aromatic heterocycles. The second-order valence-corrected chi connectivity index (χ2v) is 15.4. The Morgan fingerprint density at radius 2 is 0.625 bits per heavy atom. The van der Waals surface area contributed by atoms with Gasteiger partial charge in [-0.1, -0.05) is 27.7 Å². The van der Waals surface area contributed by atoms with E-state index in [4.69, 9.17) is 56.8 Å². The maximum atomic E-state index is 6.38. The summed E-state index contributed by atoms with van der Waals surface area (Å²) in [6.45, 7) is 8.47. The zero-order valence-electron chi connectivity index (χ0n) is 34.8. The summed E-state index contributed by atoms with van der Waals surface area (Å²) in [7, 11) is 14.8. The Labute approximate surface area is 365 Å². The van der Waals surface area contributed by atoms with E-state index >= 15 is 0 Å². The predicted octanol–water partition coefficient (Wildman–Crippen LogP) is -4.87. The Morgan fingerprint density at radius 3 is 0.804 bits per heavy atom. The number of hydrogen-bond donors (Lipinski definition) is 0. The van der Waals surface area contributed by atoms with Gasteiger partial charge in [0.15, 0.2) is 42.6 Å². The molecule has 0 unspecified atom stereocenters. The Morgan fingerprint density at radius 1 is 0.375 bits per heavy atom. The summed E-state index contributed by atoms with van der Waals surface area (Å²) in [5.74, 6) is 4.43. The van der Waals surface area contributed by atoms with Gasteiger partial charge >= 0.3 is 21.7 Å². The molecule has 0 saturated heterocycles. The maximum Gasteiger partial charge on any atom is 4.00 e. The summed E-state index contributed by atoms with van der Waals surface area (Å²) in [6.07, 6.45) is 0. The summed E-state index contributed by atoms with van der Waals surface area (Å²) in [4.78, 5) is 0. The minimum Gasteiger partial charge on any atom is -1.00 e. The first-order valence-corrected chi connectivity index (χ1v) is 18.3. The molecule has 0 atom stereocenters. The van der Waals surface area contributed by atoms with E-state index in [2.05, 4.69) is 27.7 Å². The van der Waals surface area contributed by atoms with Gasteiger partial charge in [-0.15, -0.1) is 0 Å². The van der Waals surface area contributed by atoms with Crippen molar-refractivity contribution < 1.29 is 116 Å². The van der Waals surface area contributed by atoms with Gasteiger partial charge < -0.3 is 94.1 Å².